The van der Waals surface area contributed by atoms with Crippen molar-refractivity contribution in [1.29, 1.82) is 0 Å². The molecule has 0 fully saturated rings. The summed E-state index contributed by atoms with van der Waals surface area (Å²) in [5.74, 6) is 0.317. The number of aromatic nitrogens is 2. The van der Waals surface area contributed by atoms with Crippen LogP contribution in [0.4, 0.5) is 4.39 Å². The van der Waals surface area contributed by atoms with Gasteiger partial charge in [-0.05, 0) is 40.6 Å². The normalized spacial score (nSPS) is 13.1. The summed E-state index contributed by atoms with van der Waals surface area (Å²) in [4.78, 5) is 2.97. The number of aromatic amines is 1. The minimum absolute atomic E-state index is 0.319. The van der Waals surface area contributed by atoms with Crippen molar-refractivity contribution in [3.63, 3.8) is 0 Å². The van der Waals surface area contributed by atoms with Crippen molar-refractivity contribution in [3.8, 4) is 0 Å². The van der Waals surface area contributed by atoms with E-state index in [4.69, 9.17) is 12.2 Å². The molecule has 0 aliphatic carbocycles. The second kappa shape index (κ2) is 5.63. The predicted molar refractivity (Wildman–Crippen MR) is 78.3 cm³/mol. The Kier molecular flexibility index (Phi) is 4.34. The quantitative estimate of drug-likeness (QED) is 0.858. The number of benzene rings is 1. The van der Waals surface area contributed by atoms with E-state index in [0.29, 0.717) is 27.1 Å². The third-order valence-electron chi connectivity index (χ3n) is 2.63. The smallest absolute Gasteiger partial charge is 0.178 e. The fraction of sp³-hybridized carbons (Fsp3) is 0.364. The van der Waals surface area contributed by atoms with Crippen LogP contribution in [0.25, 0.3) is 11.0 Å². The van der Waals surface area contributed by atoms with Crippen LogP contribution in [0.1, 0.15) is 6.42 Å². The zero-order chi connectivity index (χ0) is 13.3. The van der Waals surface area contributed by atoms with Gasteiger partial charge >= 0.3 is 0 Å². The van der Waals surface area contributed by atoms with Gasteiger partial charge in [0.15, 0.2) is 4.77 Å². The molecule has 1 N–H and O–H groups in total. The van der Waals surface area contributed by atoms with Gasteiger partial charge in [0.2, 0.25) is 0 Å². The van der Waals surface area contributed by atoms with Gasteiger partial charge in [-0.3, -0.25) is 4.21 Å². The standard InChI is InChI=1S/C11H12BrFN2OS2/c1-18(16)4-2-3-15-10-5-7(12)8(13)6-9(10)14-11(15)17/h5-6H,2-4H2,1H3,(H,14,17). The first-order chi connectivity index (χ1) is 8.49. The molecule has 3 nitrogen and oxygen atoms in total. The Hall–Kier alpha value is -0.530. The Bertz CT molecular complexity index is 665. The predicted octanol–water partition coefficient (Wildman–Crippen LogP) is 3.37. The van der Waals surface area contributed by atoms with E-state index in [1.165, 1.54) is 6.07 Å². The third-order valence-corrected chi connectivity index (χ3v) is 4.42. The maximum atomic E-state index is 13.4. The Morgan fingerprint density at radius 2 is 2.28 bits per heavy atom. The van der Waals surface area contributed by atoms with Crippen molar-refractivity contribution in [2.75, 3.05) is 12.0 Å². The molecule has 7 heteroatoms. The zero-order valence-electron chi connectivity index (χ0n) is 9.70. The number of H-pyrrole nitrogens is 1. The number of nitrogens with zero attached hydrogens (tertiary/aromatic N) is 1. The van der Waals surface area contributed by atoms with Crippen LogP contribution >= 0.6 is 28.1 Å². The summed E-state index contributed by atoms with van der Waals surface area (Å²) in [7, 11) is -0.802. The molecule has 0 saturated carbocycles. The number of rotatable bonds is 4. The molecule has 18 heavy (non-hydrogen) atoms. The molecule has 0 aliphatic heterocycles. The van der Waals surface area contributed by atoms with Crippen LogP contribution in [0.5, 0.6) is 0 Å². The van der Waals surface area contributed by atoms with E-state index in [9.17, 15) is 8.60 Å². The van der Waals surface area contributed by atoms with Gasteiger partial charge in [0.05, 0.1) is 15.5 Å². The maximum absolute atomic E-state index is 13.4. The van der Waals surface area contributed by atoms with Crippen molar-refractivity contribution in [2.24, 2.45) is 0 Å². The minimum atomic E-state index is -0.802. The van der Waals surface area contributed by atoms with Gasteiger partial charge in [-0.1, -0.05) is 0 Å². The highest BCUT2D eigenvalue weighted by Crippen LogP contribution is 2.23. The average Bonchev–Trinajstić information content (AvgIpc) is 2.56. The van der Waals surface area contributed by atoms with Crippen molar-refractivity contribution in [1.82, 2.24) is 9.55 Å². The highest BCUT2D eigenvalue weighted by Gasteiger charge is 2.08. The lowest BCUT2D eigenvalue weighted by Gasteiger charge is -2.04. The summed E-state index contributed by atoms with van der Waals surface area (Å²) in [5, 5.41) is 0. The van der Waals surface area contributed by atoms with Crippen molar-refractivity contribution >= 4 is 50.0 Å². The molecular weight excluding hydrogens is 339 g/mol. The molecule has 0 saturated heterocycles. The number of fused-ring (bicyclic) bond motifs is 1. The molecule has 2 aromatic rings. The fourth-order valence-electron chi connectivity index (χ4n) is 1.80. The minimum Gasteiger partial charge on any atom is -0.330 e. The number of nitrogens with one attached hydrogen (secondary N) is 1. The molecule has 1 unspecified atom stereocenters. The van der Waals surface area contributed by atoms with E-state index in [2.05, 4.69) is 20.9 Å². The molecule has 2 rings (SSSR count). The second-order valence-corrected chi connectivity index (χ2v) is 6.79. The van der Waals surface area contributed by atoms with E-state index >= 15 is 0 Å². The first-order valence-electron chi connectivity index (χ1n) is 5.36. The van der Waals surface area contributed by atoms with Crippen LogP contribution in [-0.2, 0) is 17.3 Å². The number of hydrogen-bond acceptors (Lipinski definition) is 2. The fourth-order valence-corrected chi connectivity index (χ4v) is 2.97. The topological polar surface area (TPSA) is 37.8 Å². The second-order valence-electron chi connectivity index (χ2n) is 4.00. The lowest BCUT2D eigenvalue weighted by molar-refractivity contribution is 0.622. The summed E-state index contributed by atoms with van der Waals surface area (Å²) in [6.45, 7) is 0.677. The summed E-state index contributed by atoms with van der Waals surface area (Å²) in [6.07, 6.45) is 2.46. The van der Waals surface area contributed by atoms with Crippen LogP contribution in [0.3, 0.4) is 0 Å². The van der Waals surface area contributed by atoms with Gasteiger partial charge in [-0.15, -0.1) is 0 Å². The van der Waals surface area contributed by atoms with Crippen LogP contribution in [0.15, 0.2) is 16.6 Å². The van der Waals surface area contributed by atoms with Crippen LogP contribution in [-0.4, -0.2) is 25.8 Å². The Morgan fingerprint density at radius 1 is 1.56 bits per heavy atom. The van der Waals surface area contributed by atoms with Gasteiger partial charge in [0.25, 0.3) is 0 Å². The van der Waals surface area contributed by atoms with E-state index in [-0.39, 0.29) is 5.82 Å². The van der Waals surface area contributed by atoms with Gasteiger partial charge in [-0.2, -0.15) is 0 Å². The van der Waals surface area contributed by atoms with Crippen LogP contribution in [0, 0.1) is 10.6 Å². The van der Waals surface area contributed by atoms with Gasteiger partial charge in [0, 0.05) is 35.4 Å². The average molecular weight is 351 g/mol. The van der Waals surface area contributed by atoms with Gasteiger partial charge < -0.3 is 9.55 Å². The highest BCUT2D eigenvalue weighted by molar-refractivity contribution is 9.10. The monoisotopic (exact) mass is 350 g/mol. The lowest BCUT2D eigenvalue weighted by atomic mass is 10.3. The van der Waals surface area contributed by atoms with Crippen LogP contribution in [0.2, 0.25) is 0 Å². The van der Waals surface area contributed by atoms with Crippen LogP contribution < -0.4 is 0 Å². The molecule has 0 aliphatic rings. The molecule has 98 valence electrons. The molecule has 1 heterocycles. The Balaban J connectivity index is 2.37. The molecule has 1 aromatic heterocycles. The largest absolute Gasteiger partial charge is 0.330 e. The first kappa shape index (κ1) is 13.9. The van der Waals surface area contributed by atoms with E-state index in [1.807, 2.05) is 4.57 Å². The number of aryl methyl sites for hydroxylation is 1. The first-order valence-corrected chi connectivity index (χ1v) is 8.29. The molecule has 0 radical (unpaired) electrons. The number of halogens is 2. The molecule has 0 bridgehead atoms. The number of imidazole rings is 1. The SMILES string of the molecule is CS(=O)CCCn1c(=S)[nH]c2cc(F)c(Br)cc21. The number of hydrogen-bond donors (Lipinski definition) is 1. The lowest BCUT2D eigenvalue weighted by Crippen LogP contribution is -2.03. The Morgan fingerprint density at radius 3 is 2.94 bits per heavy atom. The molecule has 0 amide bonds. The summed E-state index contributed by atoms with van der Waals surface area (Å²) in [6, 6.07) is 3.13. The molecule has 1 atom stereocenters. The Labute approximate surface area is 120 Å². The molecular formula is C11H12BrFN2OS2. The maximum Gasteiger partial charge on any atom is 0.178 e. The van der Waals surface area contributed by atoms with Gasteiger partial charge in [-0.25, -0.2) is 4.39 Å². The summed E-state index contributed by atoms with van der Waals surface area (Å²) >= 11 is 8.38. The van der Waals surface area contributed by atoms with Crippen molar-refractivity contribution < 1.29 is 8.60 Å². The molecule has 0 spiro atoms. The van der Waals surface area contributed by atoms with Gasteiger partial charge in [0.1, 0.15) is 5.82 Å². The van der Waals surface area contributed by atoms with E-state index in [0.717, 1.165) is 11.9 Å². The molecule has 1 aromatic carbocycles. The van der Waals surface area contributed by atoms with E-state index < -0.39 is 10.8 Å². The summed E-state index contributed by atoms with van der Waals surface area (Å²) < 4.78 is 27.3. The van der Waals surface area contributed by atoms with Crippen molar-refractivity contribution in [2.45, 2.75) is 13.0 Å². The van der Waals surface area contributed by atoms with E-state index in [1.54, 1.807) is 12.3 Å². The summed E-state index contributed by atoms with van der Waals surface area (Å²) in [5.41, 5.74) is 1.54. The third kappa shape index (κ3) is 2.89. The zero-order valence-corrected chi connectivity index (χ0v) is 12.9. The highest BCUT2D eigenvalue weighted by atomic mass is 79.9. The van der Waals surface area contributed by atoms with Crippen molar-refractivity contribution in [3.05, 3.63) is 27.2 Å².